The van der Waals surface area contributed by atoms with E-state index in [1.165, 1.54) is 29.5 Å². The minimum absolute atomic E-state index is 0.570. The minimum atomic E-state index is 0.570. The fourth-order valence-corrected chi connectivity index (χ4v) is 2.75. The van der Waals surface area contributed by atoms with Gasteiger partial charge in [0, 0.05) is 5.69 Å². The van der Waals surface area contributed by atoms with Crippen LogP contribution in [0.15, 0.2) is 48.5 Å². The van der Waals surface area contributed by atoms with Crippen LogP contribution in [0, 0.1) is 6.92 Å². The maximum atomic E-state index is 11.5. The number of rotatable bonds is 7. The van der Waals surface area contributed by atoms with E-state index in [1.54, 1.807) is 4.90 Å². The Morgan fingerprint density at radius 1 is 1.09 bits per heavy atom. The first-order valence-corrected chi connectivity index (χ1v) is 8.02. The smallest absolute Gasteiger partial charge is 0.214 e. The van der Waals surface area contributed by atoms with Gasteiger partial charge in [0.2, 0.25) is 6.41 Å². The van der Waals surface area contributed by atoms with E-state index in [2.05, 4.69) is 45.0 Å². The van der Waals surface area contributed by atoms with Gasteiger partial charge in [-0.05, 0) is 48.1 Å². The number of hydrogen-bond donors (Lipinski definition) is 0. The van der Waals surface area contributed by atoms with Gasteiger partial charge in [0.25, 0.3) is 0 Å². The highest BCUT2D eigenvalue weighted by molar-refractivity contribution is 5.75. The van der Waals surface area contributed by atoms with Crippen LogP contribution < -0.4 is 4.90 Å². The third-order valence-corrected chi connectivity index (χ3v) is 4.24. The van der Waals surface area contributed by atoms with Crippen molar-refractivity contribution in [1.82, 2.24) is 0 Å². The van der Waals surface area contributed by atoms with Crippen molar-refractivity contribution in [1.29, 1.82) is 0 Å². The Hall–Kier alpha value is -2.09. The lowest BCUT2D eigenvalue weighted by Gasteiger charge is -2.20. The van der Waals surface area contributed by atoms with E-state index in [4.69, 9.17) is 0 Å². The molecule has 1 amide bonds. The van der Waals surface area contributed by atoms with Crippen molar-refractivity contribution in [2.75, 3.05) is 4.90 Å². The fourth-order valence-electron chi connectivity index (χ4n) is 2.75. The molecule has 0 aliphatic heterocycles. The molecule has 0 N–H and O–H groups in total. The molecule has 2 rings (SSSR count). The molecule has 0 radical (unpaired) electrons. The molecule has 0 spiro atoms. The van der Waals surface area contributed by atoms with Crippen molar-refractivity contribution in [2.24, 2.45) is 0 Å². The van der Waals surface area contributed by atoms with Crippen molar-refractivity contribution < 1.29 is 4.79 Å². The second-order valence-corrected chi connectivity index (χ2v) is 5.94. The van der Waals surface area contributed by atoms with Gasteiger partial charge in [0.1, 0.15) is 0 Å². The third kappa shape index (κ3) is 3.97. The zero-order valence-electron chi connectivity index (χ0n) is 13.8. The van der Waals surface area contributed by atoms with Crippen LogP contribution in [0.1, 0.15) is 49.3 Å². The Morgan fingerprint density at radius 3 is 2.36 bits per heavy atom. The zero-order chi connectivity index (χ0) is 15.9. The molecule has 2 nitrogen and oxygen atoms in total. The Morgan fingerprint density at radius 2 is 1.77 bits per heavy atom. The standard InChI is InChI=1S/C20H25NO/c1-4-7-16(2)18-10-12-20(13-11-18)21(15-22)14-19-9-6-5-8-17(19)3/h5-6,8-13,15-16H,4,7,14H2,1-3H3. The molecular formula is C20H25NO. The summed E-state index contributed by atoms with van der Waals surface area (Å²) in [4.78, 5) is 13.2. The number of anilines is 1. The average Bonchev–Trinajstić information content (AvgIpc) is 2.54. The molecule has 2 aromatic carbocycles. The molecule has 116 valence electrons. The van der Waals surface area contributed by atoms with Crippen molar-refractivity contribution in [3.8, 4) is 0 Å². The summed E-state index contributed by atoms with van der Waals surface area (Å²) in [6.07, 6.45) is 3.30. The summed E-state index contributed by atoms with van der Waals surface area (Å²) >= 11 is 0. The third-order valence-electron chi connectivity index (χ3n) is 4.24. The average molecular weight is 295 g/mol. The number of benzene rings is 2. The molecule has 0 saturated heterocycles. The maximum absolute atomic E-state index is 11.5. The molecule has 2 aromatic rings. The quantitative estimate of drug-likeness (QED) is 0.654. The summed E-state index contributed by atoms with van der Waals surface area (Å²) < 4.78 is 0. The van der Waals surface area contributed by atoms with Crippen molar-refractivity contribution in [3.05, 3.63) is 65.2 Å². The van der Waals surface area contributed by atoms with Crippen LogP contribution in [0.3, 0.4) is 0 Å². The van der Waals surface area contributed by atoms with Gasteiger partial charge in [-0.2, -0.15) is 0 Å². The lowest BCUT2D eigenvalue weighted by molar-refractivity contribution is -0.107. The predicted octanol–water partition coefficient (Wildman–Crippen LogP) is 5.06. The second-order valence-electron chi connectivity index (χ2n) is 5.94. The summed E-state index contributed by atoms with van der Waals surface area (Å²) in [5, 5.41) is 0. The van der Waals surface area contributed by atoms with Gasteiger partial charge in [0.05, 0.1) is 6.54 Å². The van der Waals surface area contributed by atoms with E-state index in [0.29, 0.717) is 12.5 Å². The van der Waals surface area contributed by atoms with Crippen LogP contribution in [0.25, 0.3) is 0 Å². The van der Waals surface area contributed by atoms with E-state index in [0.717, 1.165) is 12.1 Å². The number of amides is 1. The van der Waals surface area contributed by atoms with E-state index >= 15 is 0 Å². The summed E-state index contributed by atoms with van der Waals surface area (Å²) in [6.45, 7) is 7.15. The molecule has 0 aromatic heterocycles. The zero-order valence-corrected chi connectivity index (χ0v) is 13.8. The molecule has 1 atom stereocenters. The van der Waals surface area contributed by atoms with Gasteiger partial charge in [-0.15, -0.1) is 0 Å². The largest absolute Gasteiger partial charge is 0.311 e. The van der Waals surface area contributed by atoms with Crippen LogP contribution >= 0.6 is 0 Å². The van der Waals surface area contributed by atoms with Crippen molar-refractivity contribution >= 4 is 12.1 Å². The van der Waals surface area contributed by atoms with Crippen molar-refractivity contribution in [3.63, 3.8) is 0 Å². The minimum Gasteiger partial charge on any atom is -0.311 e. The lowest BCUT2D eigenvalue weighted by Crippen LogP contribution is -2.20. The van der Waals surface area contributed by atoms with Gasteiger partial charge >= 0.3 is 0 Å². The highest BCUT2D eigenvalue weighted by Gasteiger charge is 2.09. The van der Waals surface area contributed by atoms with E-state index in [-0.39, 0.29) is 0 Å². The Balaban J connectivity index is 2.14. The highest BCUT2D eigenvalue weighted by Crippen LogP contribution is 2.24. The fraction of sp³-hybridized carbons (Fsp3) is 0.350. The van der Waals surface area contributed by atoms with Crippen LogP contribution in [0.4, 0.5) is 5.69 Å². The van der Waals surface area contributed by atoms with Gasteiger partial charge in [-0.3, -0.25) is 4.79 Å². The second kappa shape index (κ2) is 7.79. The van der Waals surface area contributed by atoms with Crippen molar-refractivity contribution in [2.45, 2.75) is 46.1 Å². The summed E-state index contributed by atoms with van der Waals surface area (Å²) in [5.41, 5.74) is 4.68. The number of hydrogen-bond acceptors (Lipinski definition) is 1. The molecular weight excluding hydrogens is 270 g/mol. The number of nitrogens with zero attached hydrogens (tertiary/aromatic N) is 1. The van der Waals surface area contributed by atoms with Gasteiger partial charge in [-0.1, -0.05) is 56.7 Å². The van der Waals surface area contributed by atoms with Crippen LogP contribution in [-0.4, -0.2) is 6.41 Å². The van der Waals surface area contributed by atoms with Gasteiger partial charge < -0.3 is 4.90 Å². The molecule has 0 saturated carbocycles. The van der Waals surface area contributed by atoms with E-state index < -0.39 is 0 Å². The Labute approximate surface area is 133 Å². The molecule has 0 aliphatic carbocycles. The molecule has 0 aliphatic rings. The van der Waals surface area contributed by atoms with Crippen LogP contribution in [0.2, 0.25) is 0 Å². The normalized spacial score (nSPS) is 12.0. The first-order valence-electron chi connectivity index (χ1n) is 8.02. The molecule has 0 bridgehead atoms. The van der Waals surface area contributed by atoms with E-state index in [9.17, 15) is 4.79 Å². The summed E-state index contributed by atoms with van der Waals surface area (Å²) in [7, 11) is 0. The monoisotopic (exact) mass is 295 g/mol. The summed E-state index contributed by atoms with van der Waals surface area (Å²) in [6, 6.07) is 16.6. The first-order chi connectivity index (χ1) is 10.7. The molecule has 2 heteroatoms. The molecule has 1 unspecified atom stereocenters. The Kier molecular flexibility index (Phi) is 5.76. The van der Waals surface area contributed by atoms with Gasteiger partial charge in [-0.25, -0.2) is 0 Å². The first kappa shape index (κ1) is 16.3. The lowest BCUT2D eigenvalue weighted by atomic mass is 9.96. The molecule has 0 heterocycles. The van der Waals surface area contributed by atoms with Crippen LogP contribution in [-0.2, 0) is 11.3 Å². The topological polar surface area (TPSA) is 20.3 Å². The van der Waals surface area contributed by atoms with E-state index in [1.807, 2.05) is 24.3 Å². The molecule has 0 fully saturated rings. The number of carbonyl (C=O) groups excluding carboxylic acids is 1. The Bertz CT molecular complexity index is 603. The maximum Gasteiger partial charge on any atom is 0.214 e. The highest BCUT2D eigenvalue weighted by atomic mass is 16.1. The molecule has 22 heavy (non-hydrogen) atoms. The predicted molar refractivity (Wildman–Crippen MR) is 93.2 cm³/mol. The SMILES string of the molecule is CCCC(C)c1ccc(N(C=O)Cc2ccccc2C)cc1. The summed E-state index contributed by atoms with van der Waals surface area (Å²) in [5.74, 6) is 0.570. The number of carbonyl (C=O) groups is 1. The van der Waals surface area contributed by atoms with Gasteiger partial charge in [0.15, 0.2) is 0 Å². The van der Waals surface area contributed by atoms with Crippen LogP contribution in [0.5, 0.6) is 0 Å². The number of aryl methyl sites for hydroxylation is 1.